The number of carboxylic acids is 1. The van der Waals surface area contributed by atoms with Gasteiger partial charge >= 0.3 is 5.97 Å². The predicted molar refractivity (Wildman–Crippen MR) is 99.3 cm³/mol. The fourth-order valence-corrected chi connectivity index (χ4v) is 3.57. The molecule has 1 aliphatic rings. The first-order chi connectivity index (χ1) is 12.3. The van der Waals surface area contributed by atoms with E-state index < -0.39 is 17.9 Å². The number of aliphatic carboxylic acids is 1. The van der Waals surface area contributed by atoms with Crippen LogP contribution in [0.4, 0.5) is 0 Å². The van der Waals surface area contributed by atoms with E-state index in [9.17, 15) is 9.59 Å². The maximum Gasteiger partial charge on any atom is 0.308 e. The van der Waals surface area contributed by atoms with Crippen LogP contribution in [0.2, 0.25) is 10.0 Å². The second-order valence-corrected chi connectivity index (χ2v) is 7.37. The van der Waals surface area contributed by atoms with Crippen molar-refractivity contribution in [2.75, 3.05) is 0 Å². The van der Waals surface area contributed by atoms with E-state index in [1.807, 2.05) is 0 Å². The summed E-state index contributed by atoms with van der Waals surface area (Å²) in [6.45, 7) is 3.23. The molecule has 2 atom stereocenters. The van der Waals surface area contributed by atoms with Crippen LogP contribution in [0.25, 0.3) is 5.69 Å². The Balaban J connectivity index is 1.95. The van der Waals surface area contributed by atoms with Gasteiger partial charge in [-0.05, 0) is 51.3 Å². The molecule has 1 aliphatic carbocycles. The van der Waals surface area contributed by atoms with Crippen molar-refractivity contribution in [2.24, 2.45) is 5.92 Å². The van der Waals surface area contributed by atoms with Crippen molar-refractivity contribution < 1.29 is 14.7 Å². The van der Waals surface area contributed by atoms with Gasteiger partial charge in [0.15, 0.2) is 5.69 Å². The third kappa shape index (κ3) is 3.44. The number of hydrogen-bond donors (Lipinski definition) is 2. The average molecular weight is 396 g/mol. The van der Waals surface area contributed by atoms with Crippen molar-refractivity contribution in [1.29, 1.82) is 0 Å². The van der Waals surface area contributed by atoms with Crippen LogP contribution in [0.3, 0.4) is 0 Å². The number of nitrogens with zero attached hydrogens (tertiary/aromatic N) is 2. The molecule has 0 saturated heterocycles. The third-order valence-electron chi connectivity index (χ3n) is 4.78. The van der Waals surface area contributed by atoms with Crippen LogP contribution in [-0.4, -0.2) is 32.8 Å². The molecule has 2 N–H and O–H groups in total. The fourth-order valence-electron chi connectivity index (χ4n) is 3.09. The second-order valence-electron chi connectivity index (χ2n) is 6.52. The first kappa shape index (κ1) is 18.7. The highest BCUT2D eigenvalue weighted by Gasteiger charge is 2.29. The SMILES string of the molecule is CC(NC(=O)c1nn(-c2ccc(Cl)cc2Cl)c2c1CCC2)C(C)C(=O)O. The number of carboxylic acid groups (broad SMARTS) is 1. The molecule has 26 heavy (non-hydrogen) atoms. The van der Waals surface area contributed by atoms with Gasteiger partial charge in [-0.25, -0.2) is 4.68 Å². The molecule has 0 fully saturated rings. The van der Waals surface area contributed by atoms with Crippen molar-refractivity contribution >= 4 is 35.1 Å². The Bertz CT molecular complexity index is 879. The van der Waals surface area contributed by atoms with E-state index >= 15 is 0 Å². The Labute approximate surface area is 161 Å². The van der Waals surface area contributed by atoms with Gasteiger partial charge < -0.3 is 10.4 Å². The fraction of sp³-hybridized carbons (Fsp3) is 0.389. The van der Waals surface area contributed by atoms with Gasteiger partial charge in [0, 0.05) is 22.3 Å². The second kappa shape index (κ2) is 7.29. The molecular weight excluding hydrogens is 377 g/mol. The van der Waals surface area contributed by atoms with Gasteiger partial charge in [0.05, 0.1) is 16.6 Å². The number of amides is 1. The molecular formula is C18H19Cl2N3O3. The minimum atomic E-state index is -0.957. The monoisotopic (exact) mass is 395 g/mol. The summed E-state index contributed by atoms with van der Waals surface area (Å²) < 4.78 is 1.70. The molecule has 0 bridgehead atoms. The van der Waals surface area contributed by atoms with Gasteiger partial charge in [-0.3, -0.25) is 9.59 Å². The van der Waals surface area contributed by atoms with Crippen molar-refractivity contribution in [3.8, 4) is 5.69 Å². The molecule has 0 spiro atoms. The summed E-state index contributed by atoms with van der Waals surface area (Å²) in [5.41, 5.74) is 2.84. The Morgan fingerprint density at radius 1 is 1.27 bits per heavy atom. The summed E-state index contributed by atoms with van der Waals surface area (Å²) in [5, 5.41) is 17.3. The van der Waals surface area contributed by atoms with Gasteiger partial charge in [0.1, 0.15) is 0 Å². The molecule has 0 radical (unpaired) electrons. The van der Waals surface area contributed by atoms with E-state index in [4.69, 9.17) is 28.3 Å². The minimum absolute atomic E-state index is 0.327. The van der Waals surface area contributed by atoms with Gasteiger partial charge in [-0.15, -0.1) is 0 Å². The first-order valence-electron chi connectivity index (χ1n) is 8.39. The van der Waals surface area contributed by atoms with Crippen molar-refractivity contribution in [1.82, 2.24) is 15.1 Å². The molecule has 138 valence electrons. The molecule has 1 aromatic carbocycles. The number of benzene rings is 1. The highest BCUT2D eigenvalue weighted by molar-refractivity contribution is 6.35. The van der Waals surface area contributed by atoms with Crippen LogP contribution in [-0.2, 0) is 17.6 Å². The molecule has 0 aliphatic heterocycles. The largest absolute Gasteiger partial charge is 0.481 e. The standard InChI is InChI=1S/C18H19Cl2N3O3/c1-9(18(25)26)10(2)21-17(24)16-12-4-3-5-14(12)23(22-16)15-7-6-11(19)8-13(15)20/h6-10H,3-5H2,1-2H3,(H,21,24)(H,25,26). The molecule has 1 aromatic heterocycles. The Morgan fingerprint density at radius 3 is 2.65 bits per heavy atom. The molecule has 1 amide bonds. The highest BCUT2D eigenvalue weighted by Crippen LogP contribution is 2.31. The van der Waals surface area contributed by atoms with E-state index in [-0.39, 0.29) is 5.91 Å². The third-order valence-corrected chi connectivity index (χ3v) is 5.32. The zero-order chi connectivity index (χ0) is 19.0. The zero-order valence-electron chi connectivity index (χ0n) is 14.4. The lowest BCUT2D eigenvalue weighted by Crippen LogP contribution is -2.40. The van der Waals surface area contributed by atoms with Gasteiger partial charge in [-0.2, -0.15) is 5.10 Å². The quantitative estimate of drug-likeness (QED) is 0.810. The Hall–Kier alpha value is -2.05. The molecule has 2 unspecified atom stereocenters. The number of aromatic nitrogens is 2. The maximum absolute atomic E-state index is 12.7. The average Bonchev–Trinajstić information content (AvgIpc) is 3.16. The van der Waals surface area contributed by atoms with Crippen LogP contribution in [0.1, 0.15) is 42.0 Å². The van der Waals surface area contributed by atoms with E-state index in [0.29, 0.717) is 21.4 Å². The molecule has 6 nitrogen and oxygen atoms in total. The number of rotatable bonds is 5. The van der Waals surface area contributed by atoms with Crippen LogP contribution >= 0.6 is 23.2 Å². The van der Waals surface area contributed by atoms with Crippen molar-refractivity contribution in [3.63, 3.8) is 0 Å². The normalized spacial score (nSPS) is 15.4. The van der Waals surface area contributed by atoms with E-state index in [1.165, 1.54) is 0 Å². The summed E-state index contributed by atoms with van der Waals surface area (Å²) in [6, 6.07) is 4.62. The smallest absolute Gasteiger partial charge is 0.308 e. The topological polar surface area (TPSA) is 84.2 Å². The van der Waals surface area contributed by atoms with E-state index in [1.54, 1.807) is 36.7 Å². The number of halogens is 2. The summed E-state index contributed by atoms with van der Waals surface area (Å²) >= 11 is 12.3. The lowest BCUT2D eigenvalue weighted by Gasteiger charge is -2.17. The van der Waals surface area contributed by atoms with Crippen molar-refractivity contribution in [2.45, 2.75) is 39.2 Å². The first-order valence-corrected chi connectivity index (χ1v) is 9.15. The van der Waals surface area contributed by atoms with Gasteiger partial charge in [0.25, 0.3) is 5.91 Å². The summed E-state index contributed by atoms with van der Waals surface area (Å²) in [7, 11) is 0. The summed E-state index contributed by atoms with van der Waals surface area (Å²) in [5.74, 6) is -2.02. The number of nitrogens with one attached hydrogen (secondary N) is 1. The lowest BCUT2D eigenvalue weighted by atomic mass is 10.0. The van der Waals surface area contributed by atoms with Crippen LogP contribution in [0.15, 0.2) is 18.2 Å². The predicted octanol–water partition coefficient (Wildman–Crippen LogP) is 3.51. The number of carbonyl (C=O) groups is 2. The van der Waals surface area contributed by atoms with Gasteiger partial charge in [-0.1, -0.05) is 23.2 Å². The van der Waals surface area contributed by atoms with E-state index in [0.717, 1.165) is 30.5 Å². The van der Waals surface area contributed by atoms with Crippen LogP contribution < -0.4 is 5.32 Å². The summed E-state index contributed by atoms with van der Waals surface area (Å²) in [4.78, 5) is 23.8. The number of fused-ring (bicyclic) bond motifs is 1. The zero-order valence-corrected chi connectivity index (χ0v) is 15.9. The Morgan fingerprint density at radius 2 is 2.00 bits per heavy atom. The summed E-state index contributed by atoms with van der Waals surface area (Å²) in [6.07, 6.45) is 2.49. The molecule has 8 heteroatoms. The molecule has 1 heterocycles. The van der Waals surface area contributed by atoms with Crippen LogP contribution in [0.5, 0.6) is 0 Å². The molecule has 2 aromatic rings. The van der Waals surface area contributed by atoms with Gasteiger partial charge in [0.2, 0.25) is 0 Å². The van der Waals surface area contributed by atoms with E-state index in [2.05, 4.69) is 10.4 Å². The Kier molecular flexibility index (Phi) is 5.25. The van der Waals surface area contributed by atoms with Crippen LogP contribution in [0, 0.1) is 5.92 Å². The minimum Gasteiger partial charge on any atom is -0.481 e. The lowest BCUT2D eigenvalue weighted by molar-refractivity contribution is -0.141. The number of hydrogen-bond acceptors (Lipinski definition) is 3. The van der Waals surface area contributed by atoms with Crippen molar-refractivity contribution in [3.05, 3.63) is 45.2 Å². The molecule has 0 saturated carbocycles. The molecule has 3 rings (SSSR count). The maximum atomic E-state index is 12.7. The number of carbonyl (C=O) groups excluding carboxylic acids is 1. The highest BCUT2D eigenvalue weighted by atomic mass is 35.5.